The molecule has 0 aliphatic carbocycles. The van der Waals surface area contributed by atoms with Gasteiger partial charge in [0.1, 0.15) is 5.75 Å². The number of amides is 1. The van der Waals surface area contributed by atoms with Crippen LogP contribution in [-0.4, -0.2) is 29.9 Å². The van der Waals surface area contributed by atoms with Gasteiger partial charge in [0.15, 0.2) is 0 Å². The largest absolute Gasteiger partial charge is 0.497 e. The number of carbonyl (C=O) groups is 1. The van der Waals surface area contributed by atoms with Gasteiger partial charge in [-0.3, -0.25) is 4.79 Å². The van der Waals surface area contributed by atoms with Gasteiger partial charge in [0.05, 0.1) is 16.9 Å². The van der Waals surface area contributed by atoms with Crippen LogP contribution in [0.25, 0.3) is 0 Å². The third-order valence-corrected chi connectivity index (χ3v) is 6.90. The van der Waals surface area contributed by atoms with Gasteiger partial charge in [-0.15, -0.1) is 4.13 Å². The van der Waals surface area contributed by atoms with Crippen molar-refractivity contribution in [3.05, 3.63) is 60.7 Å². The number of hydrogen-bond acceptors (Lipinski definition) is 6. The van der Waals surface area contributed by atoms with Crippen molar-refractivity contribution < 1.29 is 26.4 Å². The molecule has 27 heavy (non-hydrogen) atoms. The van der Waals surface area contributed by atoms with Crippen LogP contribution in [-0.2, 0) is 24.8 Å². The van der Waals surface area contributed by atoms with E-state index in [1.54, 1.807) is 4.13 Å². The number of benzene rings is 2. The summed E-state index contributed by atoms with van der Waals surface area (Å²) in [5, 5.41) is 2.47. The Kier molecular flexibility index (Phi) is 6.04. The summed E-state index contributed by atoms with van der Waals surface area (Å²) >= 11 is 0. The van der Waals surface area contributed by atoms with Crippen LogP contribution in [0.5, 0.6) is 5.75 Å². The molecule has 0 spiro atoms. The van der Waals surface area contributed by atoms with Crippen molar-refractivity contribution in [1.29, 1.82) is 0 Å². The lowest BCUT2D eigenvalue weighted by Crippen LogP contribution is -2.30. The Morgan fingerprint density at radius 2 is 1.56 bits per heavy atom. The van der Waals surface area contributed by atoms with Gasteiger partial charge >= 0.3 is 0 Å². The average Bonchev–Trinajstić information content (AvgIpc) is 2.61. The summed E-state index contributed by atoms with van der Waals surface area (Å²) in [5.41, 5.74) is 0.427. The van der Waals surface area contributed by atoms with Crippen molar-refractivity contribution in [2.45, 2.75) is 16.7 Å². The first-order chi connectivity index (χ1) is 12.5. The first-order valence-corrected chi connectivity index (χ1v) is 10.5. The third kappa shape index (κ3) is 5.16. The van der Waals surface area contributed by atoms with Crippen LogP contribution in [0.15, 0.2) is 70.5 Å². The number of ether oxygens (including phenoxy) is 1. The molecule has 2 aromatic carbocycles. The number of nitrogens with one attached hydrogen (secondary N) is 2. The Hall–Kier alpha value is -2.69. The maximum Gasteiger partial charge on any atom is 0.253 e. The number of hydrogen-bond donors (Lipinski definition) is 2. The fraction of sp³-hybridized carbons (Fsp3) is 0.118. The van der Waals surface area contributed by atoms with Crippen molar-refractivity contribution >= 4 is 31.6 Å². The molecule has 2 rings (SSSR count). The van der Waals surface area contributed by atoms with Gasteiger partial charge in [-0.1, -0.05) is 12.6 Å². The number of carbonyl (C=O) groups excluding carboxylic acids is 1. The summed E-state index contributed by atoms with van der Waals surface area (Å²) in [6.07, 6.45) is 0. The molecule has 0 aliphatic rings. The lowest BCUT2D eigenvalue weighted by molar-refractivity contribution is -0.112. The molecule has 1 amide bonds. The minimum Gasteiger partial charge on any atom is -0.497 e. The summed E-state index contributed by atoms with van der Waals surface area (Å²) in [6.45, 7) is 4.98. The van der Waals surface area contributed by atoms with Crippen LogP contribution in [0.1, 0.15) is 6.92 Å². The molecule has 8 nitrogen and oxygen atoms in total. The molecule has 0 fully saturated rings. The topological polar surface area (TPSA) is 119 Å². The minimum atomic E-state index is -4.40. The Morgan fingerprint density at radius 3 is 2.11 bits per heavy atom. The highest BCUT2D eigenvalue weighted by Crippen LogP contribution is 2.20. The zero-order valence-electron chi connectivity index (χ0n) is 14.6. The molecule has 0 heterocycles. The smallest absolute Gasteiger partial charge is 0.253 e. The highest BCUT2D eigenvalue weighted by atomic mass is 32.3. The number of methoxy groups -OCH3 is 1. The third-order valence-electron chi connectivity index (χ3n) is 3.38. The molecule has 0 saturated heterocycles. The minimum absolute atomic E-state index is 0.188. The van der Waals surface area contributed by atoms with Gasteiger partial charge in [0, 0.05) is 11.3 Å². The maximum atomic E-state index is 12.5. The predicted molar refractivity (Wildman–Crippen MR) is 100 cm³/mol. The molecular formula is C17H18N2O6S2. The van der Waals surface area contributed by atoms with Crippen molar-refractivity contribution in [1.82, 2.24) is 4.13 Å². The number of rotatable bonds is 7. The summed E-state index contributed by atoms with van der Waals surface area (Å²) in [4.78, 5) is 11.1. The van der Waals surface area contributed by atoms with Crippen LogP contribution in [0.4, 0.5) is 5.69 Å². The fourth-order valence-electron chi connectivity index (χ4n) is 1.97. The Labute approximate surface area is 158 Å². The molecule has 2 aromatic rings. The Bertz CT molecular complexity index is 1070. The van der Waals surface area contributed by atoms with Crippen LogP contribution < -0.4 is 14.2 Å². The molecule has 0 radical (unpaired) electrons. The molecule has 0 aliphatic heterocycles. The number of sulfonamides is 2. The predicted octanol–water partition coefficient (Wildman–Crippen LogP) is 1.88. The van der Waals surface area contributed by atoms with Gasteiger partial charge in [-0.05, 0) is 49.4 Å². The lowest BCUT2D eigenvalue weighted by Gasteiger charge is -2.10. The fourth-order valence-corrected chi connectivity index (χ4v) is 4.93. The molecule has 0 saturated carbocycles. The molecular weight excluding hydrogens is 392 g/mol. The van der Waals surface area contributed by atoms with Gasteiger partial charge < -0.3 is 10.1 Å². The first-order valence-electron chi connectivity index (χ1n) is 7.55. The van der Waals surface area contributed by atoms with E-state index in [0.717, 1.165) is 6.07 Å². The summed E-state index contributed by atoms with van der Waals surface area (Å²) in [6, 6.07) is 10.4. The molecule has 10 heteroatoms. The molecule has 0 atom stereocenters. The summed E-state index contributed by atoms with van der Waals surface area (Å²) in [7, 11) is -7.32. The maximum absolute atomic E-state index is 12.5. The van der Waals surface area contributed by atoms with Crippen molar-refractivity contribution in [2.75, 3.05) is 12.4 Å². The van der Waals surface area contributed by atoms with E-state index < -0.39 is 26.0 Å². The standard InChI is InChI=1S/C17H18N2O6S2/c1-12(2)17(20)18-13-5-4-6-16(11-13)27(23,24)19-26(21,22)15-9-7-14(25-3)8-10-15/h4-11,19H,1H2,2-3H3,(H,18,20). The monoisotopic (exact) mass is 410 g/mol. The van der Waals surface area contributed by atoms with Gasteiger partial charge in [0.25, 0.3) is 26.0 Å². The second-order valence-electron chi connectivity index (χ2n) is 5.53. The Balaban J connectivity index is 2.29. The van der Waals surface area contributed by atoms with Crippen LogP contribution in [0.2, 0.25) is 0 Å². The van der Waals surface area contributed by atoms with E-state index in [0.29, 0.717) is 5.75 Å². The van der Waals surface area contributed by atoms with Crippen molar-refractivity contribution in [2.24, 2.45) is 0 Å². The molecule has 144 valence electrons. The highest BCUT2D eigenvalue weighted by molar-refractivity contribution is 8.04. The summed E-state index contributed by atoms with van der Waals surface area (Å²) in [5.74, 6) is -0.0545. The van der Waals surface area contributed by atoms with Crippen LogP contribution in [0, 0.1) is 0 Å². The Morgan fingerprint density at radius 1 is 0.963 bits per heavy atom. The van der Waals surface area contributed by atoms with E-state index >= 15 is 0 Å². The summed E-state index contributed by atoms with van der Waals surface area (Å²) < 4.78 is 56.3. The molecule has 0 bridgehead atoms. The quantitative estimate of drug-likeness (QED) is 0.673. The van der Waals surface area contributed by atoms with E-state index in [2.05, 4.69) is 11.9 Å². The van der Waals surface area contributed by atoms with Crippen LogP contribution in [0.3, 0.4) is 0 Å². The number of anilines is 1. The van der Waals surface area contributed by atoms with E-state index in [-0.39, 0.29) is 21.1 Å². The van der Waals surface area contributed by atoms with Crippen molar-refractivity contribution in [3.63, 3.8) is 0 Å². The zero-order chi connectivity index (χ0) is 20.2. The van der Waals surface area contributed by atoms with E-state index in [4.69, 9.17) is 4.74 Å². The van der Waals surface area contributed by atoms with Gasteiger partial charge in [0.2, 0.25) is 0 Å². The highest BCUT2D eigenvalue weighted by Gasteiger charge is 2.25. The first kappa shape index (κ1) is 20.6. The second kappa shape index (κ2) is 7.91. The normalized spacial score (nSPS) is 11.6. The zero-order valence-corrected chi connectivity index (χ0v) is 16.2. The molecule has 0 unspecified atom stereocenters. The van der Waals surface area contributed by atoms with Gasteiger partial charge in [-0.25, -0.2) is 16.8 Å². The van der Waals surface area contributed by atoms with E-state index in [9.17, 15) is 21.6 Å². The van der Waals surface area contributed by atoms with Crippen molar-refractivity contribution in [3.8, 4) is 5.75 Å². The van der Waals surface area contributed by atoms with E-state index in [1.165, 1.54) is 56.5 Å². The van der Waals surface area contributed by atoms with Gasteiger partial charge in [-0.2, -0.15) is 0 Å². The molecule has 2 N–H and O–H groups in total. The van der Waals surface area contributed by atoms with Crippen LogP contribution >= 0.6 is 0 Å². The SMILES string of the molecule is C=C(C)C(=O)Nc1cccc(S(=O)(=O)NS(=O)(=O)c2ccc(OC)cc2)c1. The average molecular weight is 410 g/mol. The van der Waals surface area contributed by atoms with E-state index in [1.807, 2.05) is 0 Å². The molecule has 0 aromatic heterocycles. The second-order valence-corrected chi connectivity index (χ2v) is 9.15. The lowest BCUT2D eigenvalue weighted by atomic mass is 10.3.